The van der Waals surface area contributed by atoms with E-state index in [9.17, 15) is 9.59 Å². The van der Waals surface area contributed by atoms with Crippen molar-refractivity contribution in [1.82, 2.24) is 4.90 Å². The van der Waals surface area contributed by atoms with Gasteiger partial charge in [0.05, 0.1) is 0 Å². The largest absolute Gasteiger partial charge is 0.288 e. The molecule has 1 saturated heterocycles. The van der Waals surface area contributed by atoms with E-state index in [4.69, 9.17) is 0 Å². The molecule has 0 N–H and O–H groups in total. The van der Waals surface area contributed by atoms with Gasteiger partial charge in [-0.25, -0.2) is 0 Å². The Morgan fingerprint density at radius 1 is 1.42 bits per heavy atom. The molecule has 4 heteroatoms. The van der Waals surface area contributed by atoms with Gasteiger partial charge in [-0.3, -0.25) is 14.5 Å². The van der Waals surface area contributed by atoms with E-state index in [-0.39, 0.29) is 11.1 Å². The molecule has 1 rings (SSSR count). The van der Waals surface area contributed by atoms with Crippen molar-refractivity contribution in [2.24, 2.45) is 0 Å². The van der Waals surface area contributed by atoms with Gasteiger partial charge in [-0.05, 0) is 12.8 Å². The normalized spacial score (nSPS) is 20.1. The third-order valence-electron chi connectivity index (χ3n) is 1.85. The monoisotopic (exact) mass is 187 g/mol. The first-order chi connectivity index (χ1) is 5.72. The van der Waals surface area contributed by atoms with Crippen LogP contribution in [0.25, 0.3) is 0 Å². The third-order valence-corrected chi connectivity index (χ3v) is 2.81. The van der Waals surface area contributed by atoms with Crippen molar-refractivity contribution < 1.29 is 9.59 Å². The molecule has 0 atom stereocenters. The molecule has 1 aliphatic rings. The van der Waals surface area contributed by atoms with Crippen molar-refractivity contribution in [2.45, 2.75) is 26.2 Å². The Labute approximate surface area is 76.5 Å². The first-order valence-corrected chi connectivity index (χ1v) is 5.15. The average Bonchev–Trinajstić information content (AvgIpc) is 1.96. The zero-order chi connectivity index (χ0) is 8.97. The molecule has 0 unspecified atom stereocenters. The molecule has 3 nitrogen and oxygen atoms in total. The van der Waals surface area contributed by atoms with Gasteiger partial charge < -0.3 is 0 Å². The van der Waals surface area contributed by atoms with Gasteiger partial charge in [0, 0.05) is 19.2 Å². The van der Waals surface area contributed by atoms with E-state index in [1.54, 1.807) is 0 Å². The topological polar surface area (TPSA) is 37.4 Å². The highest BCUT2D eigenvalue weighted by atomic mass is 32.2. The fourth-order valence-electron chi connectivity index (χ4n) is 1.16. The molecule has 1 heterocycles. The number of carbonyl (C=O) groups excluding carboxylic acids is 2. The molecule has 0 spiro atoms. The predicted molar refractivity (Wildman–Crippen MR) is 49.1 cm³/mol. The lowest BCUT2D eigenvalue weighted by atomic mass is 10.2. The van der Waals surface area contributed by atoms with Gasteiger partial charge >= 0.3 is 0 Å². The summed E-state index contributed by atoms with van der Waals surface area (Å²) < 4.78 is 0. The minimum atomic E-state index is -0.130. The van der Waals surface area contributed by atoms with Crippen molar-refractivity contribution in [3.63, 3.8) is 0 Å². The fourth-order valence-corrected chi connectivity index (χ4v) is 2.06. The van der Waals surface area contributed by atoms with Crippen LogP contribution in [0.5, 0.6) is 0 Å². The lowest BCUT2D eigenvalue weighted by molar-refractivity contribution is -0.125. The summed E-state index contributed by atoms with van der Waals surface area (Å²) >= 11 is 1.25. The molecule has 0 aromatic carbocycles. The van der Waals surface area contributed by atoms with E-state index in [2.05, 4.69) is 0 Å². The summed E-state index contributed by atoms with van der Waals surface area (Å²) in [6, 6.07) is 0. The van der Waals surface area contributed by atoms with E-state index < -0.39 is 0 Å². The minimum Gasteiger partial charge on any atom is -0.275 e. The highest BCUT2D eigenvalue weighted by Crippen LogP contribution is 2.16. The van der Waals surface area contributed by atoms with Crippen LogP contribution in [0.1, 0.15) is 26.2 Å². The van der Waals surface area contributed by atoms with Gasteiger partial charge in [-0.2, -0.15) is 0 Å². The van der Waals surface area contributed by atoms with Crippen molar-refractivity contribution in [3.05, 3.63) is 0 Å². The summed E-state index contributed by atoms with van der Waals surface area (Å²) in [5.41, 5.74) is 0. The summed E-state index contributed by atoms with van der Waals surface area (Å²) in [5, 5.41) is -0.0813. The highest BCUT2D eigenvalue weighted by molar-refractivity contribution is 8.13. The summed E-state index contributed by atoms with van der Waals surface area (Å²) in [7, 11) is 0. The average molecular weight is 187 g/mol. The van der Waals surface area contributed by atoms with E-state index in [1.165, 1.54) is 23.6 Å². The van der Waals surface area contributed by atoms with Crippen molar-refractivity contribution >= 4 is 22.9 Å². The van der Waals surface area contributed by atoms with Crippen LogP contribution in [0.15, 0.2) is 0 Å². The molecule has 12 heavy (non-hydrogen) atoms. The van der Waals surface area contributed by atoms with Gasteiger partial charge in [-0.1, -0.05) is 18.2 Å². The summed E-state index contributed by atoms with van der Waals surface area (Å²) in [5.74, 6) is 0.720. The van der Waals surface area contributed by atoms with Crippen LogP contribution in [0.2, 0.25) is 0 Å². The zero-order valence-electron chi connectivity index (χ0n) is 7.21. The maximum absolute atomic E-state index is 11.3. The van der Waals surface area contributed by atoms with E-state index in [0.717, 1.165) is 25.0 Å². The van der Waals surface area contributed by atoms with Crippen LogP contribution >= 0.6 is 11.8 Å². The quantitative estimate of drug-likeness (QED) is 0.581. The van der Waals surface area contributed by atoms with Gasteiger partial charge in [-0.15, -0.1) is 0 Å². The lowest BCUT2D eigenvalue weighted by Gasteiger charge is -2.20. The van der Waals surface area contributed by atoms with Crippen LogP contribution in [0.4, 0.5) is 4.79 Å². The lowest BCUT2D eigenvalue weighted by Crippen LogP contribution is -2.34. The Kier molecular flexibility index (Phi) is 3.59. The van der Waals surface area contributed by atoms with Crippen LogP contribution in [-0.2, 0) is 4.79 Å². The first-order valence-electron chi connectivity index (χ1n) is 4.16. The highest BCUT2D eigenvalue weighted by Gasteiger charge is 2.19. The molecule has 0 bridgehead atoms. The summed E-state index contributed by atoms with van der Waals surface area (Å²) in [6.07, 6.45) is 3.15. The van der Waals surface area contributed by atoms with Gasteiger partial charge in [0.25, 0.3) is 5.24 Å². The van der Waals surface area contributed by atoms with Gasteiger partial charge in [0.1, 0.15) is 0 Å². The second-order valence-electron chi connectivity index (χ2n) is 2.85. The molecule has 68 valence electrons. The molecule has 1 aliphatic heterocycles. The maximum atomic E-state index is 11.3. The Morgan fingerprint density at radius 2 is 2.17 bits per heavy atom. The number of imide groups is 1. The SMILES string of the molecule is CC(=O)N1CCCCCSC1=O. The second-order valence-corrected chi connectivity index (χ2v) is 3.89. The fraction of sp³-hybridized carbons (Fsp3) is 0.750. The zero-order valence-corrected chi connectivity index (χ0v) is 8.02. The predicted octanol–water partition coefficient (Wildman–Crippen LogP) is 1.87. The molecule has 0 radical (unpaired) electrons. The molecule has 0 aliphatic carbocycles. The number of thioether (sulfide) groups is 1. The number of hydrogen-bond donors (Lipinski definition) is 0. The maximum Gasteiger partial charge on any atom is 0.288 e. The van der Waals surface area contributed by atoms with Crippen LogP contribution < -0.4 is 0 Å². The van der Waals surface area contributed by atoms with E-state index >= 15 is 0 Å². The van der Waals surface area contributed by atoms with Crippen LogP contribution in [-0.4, -0.2) is 28.3 Å². The van der Waals surface area contributed by atoms with Crippen LogP contribution in [0.3, 0.4) is 0 Å². The molecule has 0 saturated carbocycles. The first kappa shape index (κ1) is 9.58. The summed E-state index contributed by atoms with van der Waals surface area (Å²) in [6.45, 7) is 2.04. The number of rotatable bonds is 0. The van der Waals surface area contributed by atoms with E-state index in [1.807, 2.05) is 0 Å². The van der Waals surface area contributed by atoms with Crippen LogP contribution in [0, 0.1) is 0 Å². The Morgan fingerprint density at radius 3 is 2.83 bits per heavy atom. The molecular weight excluding hydrogens is 174 g/mol. The number of nitrogens with zero attached hydrogens (tertiary/aromatic N) is 1. The Balaban J connectivity index is 2.55. The smallest absolute Gasteiger partial charge is 0.275 e. The standard InChI is InChI=1S/C8H13NO2S/c1-7(10)9-5-3-2-4-6-12-8(9)11/h2-6H2,1H3. The van der Waals surface area contributed by atoms with Crippen molar-refractivity contribution in [3.8, 4) is 0 Å². The molecular formula is C8H13NO2S. The number of amides is 2. The van der Waals surface area contributed by atoms with Crippen molar-refractivity contribution in [1.29, 1.82) is 0 Å². The third kappa shape index (κ3) is 2.52. The Bertz CT molecular complexity index is 193. The van der Waals surface area contributed by atoms with Gasteiger partial charge in [0.15, 0.2) is 0 Å². The molecule has 0 aromatic heterocycles. The second kappa shape index (κ2) is 4.50. The number of carbonyl (C=O) groups is 2. The molecule has 0 aromatic rings. The van der Waals surface area contributed by atoms with Crippen molar-refractivity contribution in [2.75, 3.05) is 12.3 Å². The minimum absolute atomic E-state index is 0.0813. The summed E-state index contributed by atoms with van der Waals surface area (Å²) in [4.78, 5) is 23.6. The molecule has 1 fully saturated rings. The Hall–Kier alpha value is -0.510. The molecule has 2 amide bonds. The van der Waals surface area contributed by atoms with E-state index in [0.29, 0.717) is 6.54 Å². The van der Waals surface area contributed by atoms with Gasteiger partial charge in [0.2, 0.25) is 5.91 Å². The number of hydrogen-bond acceptors (Lipinski definition) is 3.